The predicted molar refractivity (Wildman–Crippen MR) is 126 cm³/mol. The number of aromatic nitrogens is 2. The maximum Gasteiger partial charge on any atom is 0.370 e. The Morgan fingerprint density at radius 2 is 1.71 bits per heavy atom. The highest BCUT2D eigenvalue weighted by Gasteiger charge is 2.44. The summed E-state index contributed by atoms with van der Waals surface area (Å²) in [5, 5.41) is 0. The average Bonchev–Trinajstić information content (AvgIpc) is 2.89. The van der Waals surface area contributed by atoms with E-state index in [-0.39, 0.29) is 17.5 Å². The number of esters is 1. The van der Waals surface area contributed by atoms with Gasteiger partial charge < -0.3 is 18.5 Å². The van der Waals surface area contributed by atoms with Crippen LogP contribution in [0.5, 0.6) is 0 Å². The van der Waals surface area contributed by atoms with Crippen molar-refractivity contribution in [2.45, 2.75) is 50.6 Å². The van der Waals surface area contributed by atoms with Gasteiger partial charge in [0.25, 0.3) is 17.3 Å². The molecule has 1 saturated carbocycles. The molecule has 1 aromatic carbocycles. The van der Waals surface area contributed by atoms with Crippen LogP contribution in [0.3, 0.4) is 0 Å². The van der Waals surface area contributed by atoms with Gasteiger partial charge in [-0.3, -0.25) is 18.7 Å². The highest BCUT2D eigenvalue weighted by atomic mass is 31.2. The molecular weight excluding hydrogens is 479 g/mol. The van der Waals surface area contributed by atoms with Crippen LogP contribution in [0.25, 0.3) is 0 Å². The van der Waals surface area contributed by atoms with Gasteiger partial charge in [-0.25, -0.2) is 9.59 Å². The Labute approximate surface area is 202 Å². The van der Waals surface area contributed by atoms with Gasteiger partial charge in [-0.2, -0.15) is 4.57 Å². The van der Waals surface area contributed by atoms with E-state index in [4.69, 9.17) is 18.5 Å². The number of nitrogens with zero attached hydrogens (tertiary/aromatic N) is 2. The lowest BCUT2D eigenvalue weighted by molar-refractivity contribution is -0.154. The van der Waals surface area contributed by atoms with Crippen molar-refractivity contribution in [1.82, 2.24) is 9.13 Å². The Hall–Kier alpha value is -2.85. The van der Waals surface area contributed by atoms with E-state index in [1.54, 1.807) is 18.2 Å². The van der Waals surface area contributed by atoms with Crippen LogP contribution < -0.4 is 11.2 Å². The monoisotopic (exact) mass is 508 g/mol. The summed E-state index contributed by atoms with van der Waals surface area (Å²) in [4.78, 5) is 51.3. The second kappa shape index (κ2) is 11.3. The minimum absolute atomic E-state index is 0.213. The summed E-state index contributed by atoms with van der Waals surface area (Å²) in [5.74, 6) is -3.22. The molecule has 0 N–H and O–H groups in total. The first-order chi connectivity index (χ1) is 16.7. The number of carbonyl (C=O) groups is 2. The van der Waals surface area contributed by atoms with Gasteiger partial charge in [0.1, 0.15) is 0 Å². The summed E-state index contributed by atoms with van der Waals surface area (Å²) in [6, 6.07) is 7.64. The molecule has 1 aliphatic rings. The van der Waals surface area contributed by atoms with Crippen LogP contribution >= 0.6 is 7.60 Å². The Kier molecular flexibility index (Phi) is 8.60. The number of aryl methyl sites for hydroxylation is 1. The molecule has 0 spiro atoms. The van der Waals surface area contributed by atoms with Crippen molar-refractivity contribution in [2.75, 3.05) is 21.3 Å². The molecule has 1 heterocycles. The smallest absolute Gasteiger partial charge is 0.370 e. The first-order valence-electron chi connectivity index (χ1n) is 11.1. The number of rotatable bonds is 8. The number of hydrogen-bond acceptors (Lipinski definition) is 9. The van der Waals surface area contributed by atoms with Crippen molar-refractivity contribution in [2.24, 2.45) is 0 Å². The summed E-state index contributed by atoms with van der Waals surface area (Å²) in [5.41, 5.74) is -1.00. The van der Waals surface area contributed by atoms with E-state index in [0.717, 1.165) is 21.3 Å². The third kappa shape index (κ3) is 5.54. The zero-order valence-corrected chi connectivity index (χ0v) is 20.9. The second-order valence-corrected chi connectivity index (χ2v) is 10.5. The first kappa shape index (κ1) is 26.7. The van der Waals surface area contributed by atoms with Crippen molar-refractivity contribution in [3.63, 3.8) is 0 Å². The van der Waals surface area contributed by atoms with Crippen molar-refractivity contribution in [3.8, 4) is 0 Å². The van der Waals surface area contributed by atoms with Gasteiger partial charge in [-0.05, 0) is 44.7 Å². The molecule has 190 valence electrons. The Morgan fingerprint density at radius 3 is 2.31 bits per heavy atom. The Morgan fingerprint density at radius 1 is 1.06 bits per heavy atom. The molecule has 0 saturated heterocycles. The molecule has 1 aromatic heterocycles. The van der Waals surface area contributed by atoms with E-state index in [1.165, 1.54) is 29.8 Å². The highest BCUT2D eigenvalue weighted by Crippen LogP contribution is 2.53. The number of hydrogen-bond donors (Lipinski definition) is 0. The lowest BCUT2D eigenvalue weighted by Gasteiger charge is -2.33. The van der Waals surface area contributed by atoms with E-state index < -0.39 is 48.7 Å². The average molecular weight is 508 g/mol. The first-order valence-corrected chi connectivity index (χ1v) is 12.7. The minimum Gasteiger partial charge on any atom is -0.467 e. The largest absolute Gasteiger partial charge is 0.467 e. The molecule has 0 radical (unpaired) electrons. The third-order valence-corrected chi connectivity index (χ3v) is 7.95. The van der Waals surface area contributed by atoms with Crippen molar-refractivity contribution < 1.29 is 32.7 Å². The number of ether oxygens (including phenoxy) is 2. The van der Waals surface area contributed by atoms with E-state index in [1.807, 2.05) is 0 Å². The molecule has 2 aromatic rings. The quantitative estimate of drug-likeness (QED) is 0.390. The fraction of sp³-hybridized carbons (Fsp3) is 0.478. The van der Waals surface area contributed by atoms with Crippen molar-refractivity contribution in [1.29, 1.82) is 0 Å². The zero-order valence-electron chi connectivity index (χ0n) is 20.0. The predicted octanol–water partition coefficient (Wildman–Crippen LogP) is 2.49. The summed E-state index contributed by atoms with van der Waals surface area (Å²) in [6.07, 6.45) is 2.82. The zero-order chi connectivity index (χ0) is 25.8. The molecule has 1 fully saturated rings. The van der Waals surface area contributed by atoms with E-state index in [0.29, 0.717) is 23.8 Å². The molecule has 3 unspecified atom stereocenters. The Bertz CT molecular complexity index is 1230. The maximum absolute atomic E-state index is 13.3. The number of methoxy groups -OCH3 is 1. The molecule has 11 nitrogen and oxygen atoms in total. The fourth-order valence-corrected chi connectivity index (χ4v) is 5.37. The van der Waals surface area contributed by atoms with Crippen molar-refractivity contribution >= 4 is 19.5 Å². The SMILES string of the molecule is COC(=O)C(OC1CCCC(n2cc(C)c(=O)n(C(=O)c3ccccc3)c2=O)C1)P(=O)(OC)OC. The molecule has 3 atom stereocenters. The normalized spacial score (nSPS) is 19.2. The van der Waals surface area contributed by atoms with Crippen molar-refractivity contribution in [3.05, 3.63) is 68.5 Å². The molecule has 35 heavy (non-hydrogen) atoms. The lowest BCUT2D eigenvalue weighted by Crippen LogP contribution is -2.46. The van der Waals surface area contributed by atoms with Gasteiger partial charge in [0.2, 0.25) is 0 Å². The van der Waals surface area contributed by atoms with Gasteiger partial charge in [0.05, 0.1) is 13.2 Å². The van der Waals surface area contributed by atoms with Gasteiger partial charge >= 0.3 is 19.3 Å². The van der Waals surface area contributed by atoms with Crippen LogP contribution in [0.1, 0.15) is 47.6 Å². The number of benzene rings is 1. The third-order valence-electron chi connectivity index (χ3n) is 6.02. The van der Waals surface area contributed by atoms with E-state index in [9.17, 15) is 23.7 Å². The molecule has 12 heteroatoms. The van der Waals surface area contributed by atoms with Gasteiger partial charge in [0, 0.05) is 37.6 Å². The van der Waals surface area contributed by atoms with Gasteiger partial charge in [-0.1, -0.05) is 18.2 Å². The van der Waals surface area contributed by atoms with E-state index in [2.05, 4.69) is 0 Å². The lowest BCUT2D eigenvalue weighted by atomic mass is 9.92. The molecule has 0 bridgehead atoms. The molecule has 0 amide bonds. The summed E-state index contributed by atoms with van der Waals surface area (Å²) in [6.45, 7) is 1.53. The summed E-state index contributed by atoms with van der Waals surface area (Å²) >= 11 is 0. The van der Waals surface area contributed by atoms with Crippen LogP contribution in [0, 0.1) is 6.92 Å². The van der Waals surface area contributed by atoms with Gasteiger partial charge in [-0.15, -0.1) is 0 Å². The standard InChI is InChI=1S/C23H29N2O9P/c1-15-14-24(23(29)25(19(15)26)20(27)16-9-6-5-7-10-16)17-11-8-12-18(13-17)34-22(21(28)31-2)35(30,32-3)33-4/h5-7,9-10,14,17-18,22H,8,11-13H2,1-4H3. The topological polar surface area (TPSA) is 132 Å². The van der Waals surface area contributed by atoms with E-state index >= 15 is 0 Å². The minimum atomic E-state index is -3.96. The second-order valence-electron chi connectivity index (χ2n) is 8.17. The van der Waals surface area contributed by atoms with Crippen LogP contribution in [-0.2, 0) is 27.9 Å². The Balaban J connectivity index is 1.94. The molecule has 3 rings (SSSR count). The summed E-state index contributed by atoms with van der Waals surface area (Å²) < 4.78 is 35.3. The maximum atomic E-state index is 13.3. The molecular formula is C23H29N2O9P. The number of carbonyl (C=O) groups excluding carboxylic acids is 2. The van der Waals surface area contributed by atoms with Crippen LogP contribution in [-0.4, -0.2) is 54.3 Å². The summed E-state index contributed by atoms with van der Waals surface area (Å²) in [7, 11) is -0.541. The van der Waals surface area contributed by atoms with Crippen LogP contribution in [0.2, 0.25) is 0 Å². The molecule has 1 aliphatic carbocycles. The molecule has 0 aliphatic heterocycles. The highest BCUT2D eigenvalue weighted by molar-refractivity contribution is 7.55. The van der Waals surface area contributed by atoms with Crippen LogP contribution in [0.4, 0.5) is 0 Å². The van der Waals surface area contributed by atoms with Crippen LogP contribution in [0.15, 0.2) is 46.1 Å². The van der Waals surface area contributed by atoms with Gasteiger partial charge in [0.15, 0.2) is 0 Å². The fourth-order valence-electron chi connectivity index (χ4n) is 4.15.